The van der Waals surface area contributed by atoms with Crippen LogP contribution < -0.4 is 10.9 Å². The van der Waals surface area contributed by atoms with E-state index in [-0.39, 0.29) is 16.8 Å². The SMILES string of the molecule is Cc1nc(C(F)(F)F)ccc1C(=O)NNC(=O)c1ccc(C(F)(F)F)cc1. The molecular weight excluding hydrogens is 380 g/mol. The van der Waals surface area contributed by atoms with Crippen LogP contribution in [0.15, 0.2) is 36.4 Å². The summed E-state index contributed by atoms with van der Waals surface area (Å²) in [5.41, 5.74) is 1.20. The third-order valence-corrected chi connectivity index (χ3v) is 3.38. The fraction of sp³-hybridized carbons (Fsp3) is 0.188. The first-order valence-electron chi connectivity index (χ1n) is 7.22. The first kappa shape index (κ1) is 20.2. The van der Waals surface area contributed by atoms with E-state index >= 15 is 0 Å². The van der Waals surface area contributed by atoms with Crippen molar-refractivity contribution in [3.63, 3.8) is 0 Å². The first-order valence-corrected chi connectivity index (χ1v) is 7.22. The highest BCUT2D eigenvalue weighted by Crippen LogP contribution is 2.29. The van der Waals surface area contributed by atoms with Gasteiger partial charge in [-0.25, -0.2) is 4.98 Å². The molecule has 0 atom stereocenters. The van der Waals surface area contributed by atoms with Crippen LogP contribution in [0.1, 0.15) is 37.7 Å². The molecule has 0 aliphatic heterocycles. The van der Waals surface area contributed by atoms with Gasteiger partial charge in [0.15, 0.2) is 0 Å². The molecule has 27 heavy (non-hydrogen) atoms. The predicted octanol–water partition coefficient (Wildman–Crippen LogP) is 3.50. The van der Waals surface area contributed by atoms with Gasteiger partial charge in [-0.3, -0.25) is 20.4 Å². The maximum Gasteiger partial charge on any atom is 0.433 e. The Morgan fingerprint density at radius 2 is 1.37 bits per heavy atom. The molecule has 0 saturated heterocycles. The summed E-state index contributed by atoms with van der Waals surface area (Å²) in [5.74, 6) is -1.84. The Morgan fingerprint density at radius 3 is 1.85 bits per heavy atom. The van der Waals surface area contributed by atoms with Crippen molar-refractivity contribution in [1.29, 1.82) is 0 Å². The number of halogens is 6. The average molecular weight is 391 g/mol. The molecule has 1 aromatic heterocycles. The summed E-state index contributed by atoms with van der Waals surface area (Å²) in [4.78, 5) is 27.1. The molecule has 2 aromatic rings. The van der Waals surface area contributed by atoms with Gasteiger partial charge in [-0.05, 0) is 43.3 Å². The molecule has 2 amide bonds. The van der Waals surface area contributed by atoms with Crippen LogP contribution in [0.4, 0.5) is 26.3 Å². The third kappa shape index (κ3) is 4.96. The molecule has 1 aromatic carbocycles. The molecule has 0 fully saturated rings. The van der Waals surface area contributed by atoms with Crippen molar-refractivity contribution in [1.82, 2.24) is 15.8 Å². The Labute approximate surface area is 148 Å². The van der Waals surface area contributed by atoms with Gasteiger partial charge in [-0.1, -0.05) is 0 Å². The Morgan fingerprint density at radius 1 is 0.815 bits per heavy atom. The number of pyridine rings is 1. The number of nitrogens with one attached hydrogen (secondary N) is 2. The number of carbonyl (C=O) groups is 2. The maximum absolute atomic E-state index is 12.6. The van der Waals surface area contributed by atoms with Crippen LogP contribution in [0.3, 0.4) is 0 Å². The lowest BCUT2D eigenvalue weighted by atomic mass is 10.1. The molecule has 144 valence electrons. The van der Waals surface area contributed by atoms with Crippen LogP contribution in [-0.4, -0.2) is 16.8 Å². The second-order valence-corrected chi connectivity index (χ2v) is 5.31. The van der Waals surface area contributed by atoms with Gasteiger partial charge in [0.05, 0.1) is 16.8 Å². The molecule has 2 N–H and O–H groups in total. The molecule has 2 rings (SSSR count). The van der Waals surface area contributed by atoms with Crippen LogP contribution in [-0.2, 0) is 12.4 Å². The monoisotopic (exact) mass is 391 g/mol. The fourth-order valence-electron chi connectivity index (χ4n) is 2.02. The number of carbonyl (C=O) groups excluding carboxylic acids is 2. The minimum Gasteiger partial charge on any atom is -0.267 e. The summed E-state index contributed by atoms with van der Waals surface area (Å²) in [6.45, 7) is 1.18. The number of hydrogen-bond donors (Lipinski definition) is 2. The van der Waals surface area contributed by atoms with Crippen LogP contribution in [0.25, 0.3) is 0 Å². The van der Waals surface area contributed by atoms with Crippen molar-refractivity contribution < 1.29 is 35.9 Å². The van der Waals surface area contributed by atoms with Crippen molar-refractivity contribution >= 4 is 11.8 Å². The summed E-state index contributed by atoms with van der Waals surface area (Å²) in [5, 5.41) is 0. The zero-order chi connectivity index (χ0) is 20.4. The van der Waals surface area contributed by atoms with Crippen LogP contribution >= 0.6 is 0 Å². The molecule has 0 spiro atoms. The second-order valence-electron chi connectivity index (χ2n) is 5.31. The second kappa shape index (κ2) is 7.25. The lowest BCUT2D eigenvalue weighted by Crippen LogP contribution is -2.42. The van der Waals surface area contributed by atoms with Crippen LogP contribution in [0.2, 0.25) is 0 Å². The van der Waals surface area contributed by atoms with E-state index in [4.69, 9.17) is 0 Å². The first-order chi connectivity index (χ1) is 12.4. The Bertz CT molecular complexity index is 860. The molecule has 11 heteroatoms. The predicted molar refractivity (Wildman–Crippen MR) is 80.4 cm³/mol. The molecule has 0 bridgehead atoms. The van der Waals surface area contributed by atoms with Gasteiger partial charge in [0.1, 0.15) is 5.69 Å². The highest BCUT2D eigenvalue weighted by Gasteiger charge is 2.33. The smallest absolute Gasteiger partial charge is 0.267 e. The van der Waals surface area contributed by atoms with Crippen molar-refractivity contribution in [2.75, 3.05) is 0 Å². The van der Waals surface area contributed by atoms with Crippen molar-refractivity contribution in [3.05, 3.63) is 64.5 Å². The Hall–Kier alpha value is -3.11. The van der Waals surface area contributed by atoms with Gasteiger partial charge in [-0.2, -0.15) is 26.3 Å². The van der Waals surface area contributed by atoms with Gasteiger partial charge in [0.25, 0.3) is 11.8 Å². The summed E-state index contributed by atoms with van der Waals surface area (Å²) in [6, 6.07) is 4.72. The summed E-state index contributed by atoms with van der Waals surface area (Å²) < 4.78 is 75.1. The number of nitrogens with zero attached hydrogens (tertiary/aromatic N) is 1. The van der Waals surface area contributed by atoms with E-state index in [1.807, 2.05) is 10.9 Å². The molecule has 0 saturated carbocycles. The average Bonchev–Trinajstić information content (AvgIpc) is 2.57. The third-order valence-electron chi connectivity index (χ3n) is 3.38. The molecule has 0 unspecified atom stereocenters. The van der Waals surface area contributed by atoms with Gasteiger partial charge in [0.2, 0.25) is 0 Å². The number of amides is 2. The molecule has 0 radical (unpaired) electrons. The lowest BCUT2D eigenvalue weighted by molar-refractivity contribution is -0.141. The topological polar surface area (TPSA) is 71.1 Å². The van der Waals surface area contributed by atoms with E-state index in [0.29, 0.717) is 18.2 Å². The number of rotatable bonds is 2. The number of alkyl halides is 6. The summed E-state index contributed by atoms with van der Waals surface area (Å²) in [7, 11) is 0. The number of aromatic nitrogens is 1. The minimum absolute atomic E-state index is 0.162. The van der Waals surface area contributed by atoms with E-state index in [1.165, 1.54) is 6.92 Å². The largest absolute Gasteiger partial charge is 0.433 e. The standard InChI is InChI=1S/C16H11F6N3O2/c1-8-11(6-7-12(23-8)16(20,21)22)14(27)25-24-13(26)9-2-4-10(5-3-9)15(17,18)19/h2-7H,1H3,(H,24,26)(H,25,27). The van der Waals surface area contributed by atoms with Crippen LogP contribution in [0.5, 0.6) is 0 Å². The van der Waals surface area contributed by atoms with Crippen molar-refractivity contribution in [3.8, 4) is 0 Å². The Balaban J connectivity index is 2.04. The van der Waals surface area contributed by atoms with Gasteiger partial charge < -0.3 is 0 Å². The quantitative estimate of drug-likeness (QED) is 0.608. The Kier molecular flexibility index (Phi) is 5.43. The van der Waals surface area contributed by atoms with E-state index in [2.05, 4.69) is 4.98 Å². The van der Waals surface area contributed by atoms with Gasteiger partial charge in [-0.15, -0.1) is 0 Å². The normalized spacial score (nSPS) is 11.8. The molecule has 0 aliphatic carbocycles. The van der Waals surface area contributed by atoms with Gasteiger partial charge in [0, 0.05) is 5.56 Å². The fourth-order valence-corrected chi connectivity index (χ4v) is 2.02. The van der Waals surface area contributed by atoms with Crippen molar-refractivity contribution in [2.45, 2.75) is 19.3 Å². The summed E-state index contributed by atoms with van der Waals surface area (Å²) in [6.07, 6.45) is -9.23. The molecule has 1 heterocycles. The number of hydrazine groups is 1. The maximum atomic E-state index is 12.6. The highest BCUT2D eigenvalue weighted by molar-refractivity contribution is 5.99. The van der Waals surface area contributed by atoms with Gasteiger partial charge >= 0.3 is 12.4 Å². The molecular formula is C16H11F6N3O2. The van der Waals surface area contributed by atoms with E-state index in [9.17, 15) is 35.9 Å². The van der Waals surface area contributed by atoms with Crippen molar-refractivity contribution in [2.24, 2.45) is 0 Å². The van der Waals surface area contributed by atoms with E-state index in [0.717, 1.165) is 18.2 Å². The number of aryl methyl sites for hydroxylation is 1. The number of hydrogen-bond acceptors (Lipinski definition) is 3. The lowest BCUT2D eigenvalue weighted by Gasteiger charge is -2.11. The minimum atomic E-state index is -4.67. The van der Waals surface area contributed by atoms with E-state index in [1.54, 1.807) is 0 Å². The zero-order valence-corrected chi connectivity index (χ0v) is 13.5. The van der Waals surface area contributed by atoms with Crippen LogP contribution in [0, 0.1) is 6.92 Å². The zero-order valence-electron chi connectivity index (χ0n) is 13.5. The molecule has 5 nitrogen and oxygen atoms in total. The highest BCUT2D eigenvalue weighted by atomic mass is 19.4. The molecule has 0 aliphatic rings. The van der Waals surface area contributed by atoms with E-state index < -0.39 is 35.4 Å². The number of benzene rings is 1. The summed E-state index contributed by atoms with van der Waals surface area (Å²) >= 11 is 0.